The largest absolute Gasteiger partial charge is 0.394 e. The monoisotopic (exact) mass is 264 g/mol. The van der Waals surface area contributed by atoms with Gasteiger partial charge in [0.1, 0.15) is 0 Å². The maximum atomic E-state index is 11.7. The zero-order valence-electron chi connectivity index (χ0n) is 10.2. The standard InChI is InChI=1S/C10H20N2O4S/c1-8(7-13)11-10(14)9-3-5-12(6-4-9)17(2,15)16/h8-9,13H,3-7H2,1-2H3,(H,11,14)/t8-/m0/s1. The molecule has 1 saturated heterocycles. The lowest BCUT2D eigenvalue weighted by atomic mass is 9.97. The van der Waals surface area contributed by atoms with Gasteiger partial charge in [0.25, 0.3) is 0 Å². The van der Waals surface area contributed by atoms with Crippen molar-refractivity contribution < 1.29 is 18.3 Å². The zero-order chi connectivity index (χ0) is 13.1. The van der Waals surface area contributed by atoms with Gasteiger partial charge in [-0.25, -0.2) is 12.7 Å². The Labute approximate surface area is 102 Å². The van der Waals surface area contributed by atoms with Crippen molar-refractivity contribution in [2.75, 3.05) is 26.0 Å². The second kappa shape index (κ2) is 5.79. The van der Waals surface area contributed by atoms with Gasteiger partial charge in [0.15, 0.2) is 0 Å². The number of nitrogens with zero attached hydrogens (tertiary/aromatic N) is 1. The van der Waals surface area contributed by atoms with E-state index in [1.165, 1.54) is 10.6 Å². The van der Waals surface area contributed by atoms with Crippen molar-refractivity contribution >= 4 is 15.9 Å². The quantitative estimate of drug-likeness (QED) is 0.693. The Morgan fingerprint density at radius 1 is 1.47 bits per heavy atom. The Kier molecular flexibility index (Phi) is 4.91. The van der Waals surface area contributed by atoms with Crippen LogP contribution in [0.3, 0.4) is 0 Å². The first kappa shape index (κ1) is 14.4. The van der Waals surface area contributed by atoms with Crippen molar-refractivity contribution in [3.05, 3.63) is 0 Å². The van der Waals surface area contributed by atoms with Crippen LogP contribution >= 0.6 is 0 Å². The van der Waals surface area contributed by atoms with Crippen LogP contribution in [-0.2, 0) is 14.8 Å². The Hall–Kier alpha value is -0.660. The molecule has 1 heterocycles. The number of hydrogen-bond donors (Lipinski definition) is 2. The van der Waals surface area contributed by atoms with E-state index in [2.05, 4.69) is 5.32 Å². The van der Waals surface area contributed by atoms with Crippen molar-refractivity contribution in [1.29, 1.82) is 0 Å². The van der Waals surface area contributed by atoms with Crippen molar-refractivity contribution in [3.8, 4) is 0 Å². The van der Waals surface area contributed by atoms with Gasteiger partial charge in [0.05, 0.1) is 12.9 Å². The molecule has 0 spiro atoms. The highest BCUT2D eigenvalue weighted by Crippen LogP contribution is 2.19. The van der Waals surface area contributed by atoms with Crippen LogP contribution in [0.5, 0.6) is 0 Å². The number of carbonyl (C=O) groups excluding carboxylic acids is 1. The van der Waals surface area contributed by atoms with Crippen LogP contribution in [0, 0.1) is 5.92 Å². The van der Waals surface area contributed by atoms with Gasteiger partial charge in [-0.2, -0.15) is 0 Å². The highest BCUT2D eigenvalue weighted by molar-refractivity contribution is 7.88. The fourth-order valence-corrected chi connectivity index (χ4v) is 2.73. The molecule has 1 rings (SSSR count). The van der Waals surface area contributed by atoms with E-state index in [4.69, 9.17) is 5.11 Å². The van der Waals surface area contributed by atoms with Crippen LogP contribution < -0.4 is 5.32 Å². The summed E-state index contributed by atoms with van der Waals surface area (Å²) in [6.45, 7) is 2.42. The van der Waals surface area contributed by atoms with Crippen LogP contribution in [0.4, 0.5) is 0 Å². The average Bonchev–Trinajstić information content (AvgIpc) is 2.27. The number of aliphatic hydroxyl groups excluding tert-OH is 1. The van der Waals surface area contributed by atoms with Crippen molar-refractivity contribution in [3.63, 3.8) is 0 Å². The van der Waals surface area contributed by atoms with Gasteiger partial charge in [-0.05, 0) is 19.8 Å². The Bertz CT molecular complexity index is 361. The van der Waals surface area contributed by atoms with Crippen molar-refractivity contribution in [2.24, 2.45) is 5.92 Å². The predicted molar refractivity (Wildman–Crippen MR) is 63.8 cm³/mol. The Balaban J connectivity index is 2.44. The molecule has 2 N–H and O–H groups in total. The third kappa shape index (κ3) is 4.25. The molecule has 0 aromatic heterocycles. The number of hydrogen-bond acceptors (Lipinski definition) is 4. The summed E-state index contributed by atoms with van der Waals surface area (Å²) in [6.07, 6.45) is 2.26. The molecule has 1 fully saturated rings. The van der Waals surface area contributed by atoms with Crippen molar-refractivity contribution in [2.45, 2.75) is 25.8 Å². The first-order valence-corrected chi connectivity index (χ1v) is 7.55. The summed E-state index contributed by atoms with van der Waals surface area (Å²) in [6, 6.07) is -0.254. The van der Waals surface area contributed by atoms with Crippen LogP contribution in [0.15, 0.2) is 0 Å². The molecule has 1 amide bonds. The summed E-state index contributed by atoms with van der Waals surface area (Å²) in [5.74, 6) is -0.248. The lowest BCUT2D eigenvalue weighted by Gasteiger charge is -2.30. The molecule has 0 aromatic rings. The highest BCUT2D eigenvalue weighted by atomic mass is 32.2. The molecule has 100 valence electrons. The van der Waals surface area contributed by atoms with Crippen LogP contribution in [-0.4, -0.2) is 55.7 Å². The summed E-state index contributed by atoms with van der Waals surface area (Å²) in [7, 11) is -3.14. The van der Waals surface area contributed by atoms with Gasteiger partial charge in [-0.15, -0.1) is 0 Å². The smallest absolute Gasteiger partial charge is 0.223 e. The van der Waals surface area contributed by atoms with Gasteiger partial charge < -0.3 is 10.4 Å². The van der Waals surface area contributed by atoms with E-state index in [9.17, 15) is 13.2 Å². The van der Waals surface area contributed by atoms with Crippen LogP contribution in [0.1, 0.15) is 19.8 Å². The molecule has 0 aliphatic carbocycles. The van der Waals surface area contributed by atoms with Crippen LogP contribution in [0.2, 0.25) is 0 Å². The second-order valence-corrected chi connectivity index (χ2v) is 6.51. The first-order chi connectivity index (χ1) is 7.84. The van der Waals surface area contributed by atoms with Gasteiger partial charge in [0, 0.05) is 25.0 Å². The summed E-state index contributed by atoms with van der Waals surface area (Å²) in [5.41, 5.74) is 0. The molecule has 1 atom stereocenters. The first-order valence-electron chi connectivity index (χ1n) is 5.71. The van der Waals surface area contributed by atoms with E-state index in [1.54, 1.807) is 6.92 Å². The minimum absolute atomic E-state index is 0.0894. The number of aliphatic hydroxyl groups is 1. The summed E-state index contributed by atoms with van der Waals surface area (Å²) in [5, 5.41) is 11.5. The summed E-state index contributed by atoms with van der Waals surface area (Å²) >= 11 is 0. The number of sulfonamides is 1. The maximum Gasteiger partial charge on any atom is 0.223 e. The van der Waals surface area contributed by atoms with E-state index in [1.807, 2.05) is 0 Å². The molecule has 1 aliphatic rings. The maximum absolute atomic E-state index is 11.7. The lowest BCUT2D eigenvalue weighted by molar-refractivity contribution is -0.127. The summed E-state index contributed by atoms with van der Waals surface area (Å²) in [4.78, 5) is 11.7. The van der Waals surface area contributed by atoms with Crippen LogP contribution in [0.25, 0.3) is 0 Å². The molecule has 0 radical (unpaired) electrons. The topological polar surface area (TPSA) is 86.7 Å². The Morgan fingerprint density at radius 3 is 2.41 bits per heavy atom. The van der Waals surface area contributed by atoms with E-state index >= 15 is 0 Å². The minimum Gasteiger partial charge on any atom is -0.394 e. The number of amides is 1. The molecule has 0 aromatic carbocycles. The zero-order valence-corrected chi connectivity index (χ0v) is 11.0. The van der Waals surface area contributed by atoms with E-state index in [0.29, 0.717) is 25.9 Å². The van der Waals surface area contributed by atoms with Gasteiger partial charge in [-0.3, -0.25) is 4.79 Å². The molecule has 17 heavy (non-hydrogen) atoms. The number of rotatable bonds is 4. The fourth-order valence-electron chi connectivity index (χ4n) is 1.86. The van der Waals surface area contributed by atoms with Gasteiger partial charge >= 0.3 is 0 Å². The minimum atomic E-state index is -3.14. The van der Waals surface area contributed by atoms with Crippen molar-refractivity contribution in [1.82, 2.24) is 9.62 Å². The molecule has 7 heteroatoms. The fraction of sp³-hybridized carbons (Fsp3) is 0.900. The van der Waals surface area contributed by atoms with E-state index in [0.717, 1.165) is 0 Å². The second-order valence-electron chi connectivity index (χ2n) is 4.53. The third-order valence-corrected chi connectivity index (χ3v) is 4.26. The molecular formula is C10H20N2O4S. The molecule has 0 unspecified atom stereocenters. The normalized spacial score (nSPS) is 21.1. The number of nitrogens with one attached hydrogen (secondary N) is 1. The number of carbonyl (C=O) groups is 1. The number of piperidine rings is 1. The SMILES string of the molecule is C[C@@H](CO)NC(=O)C1CCN(S(C)(=O)=O)CC1. The average molecular weight is 264 g/mol. The predicted octanol–water partition coefficient (Wildman–Crippen LogP) is -0.845. The molecule has 0 saturated carbocycles. The van der Waals surface area contributed by atoms with Gasteiger partial charge in [-0.1, -0.05) is 0 Å². The van der Waals surface area contributed by atoms with E-state index in [-0.39, 0.29) is 24.5 Å². The third-order valence-electron chi connectivity index (χ3n) is 2.96. The highest BCUT2D eigenvalue weighted by Gasteiger charge is 2.29. The molecular weight excluding hydrogens is 244 g/mol. The molecule has 1 aliphatic heterocycles. The van der Waals surface area contributed by atoms with Gasteiger partial charge in [0.2, 0.25) is 15.9 Å². The lowest BCUT2D eigenvalue weighted by Crippen LogP contribution is -2.45. The van der Waals surface area contributed by atoms with E-state index < -0.39 is 10.0 Å². The molecule has 6 nitrogen and oxygen atoms in total. The summed E-state index contributed by atoms with van der Waals surface area (Å²) < 4.78 is 24.0. The Morgan fingerprint density at radius 2 is 2.00 bits per heavy atom. The molecule has 0 bridgehead atoms.